The third-order valence-corrected chi connectivity index (χ3v) is 7.55. The number of piperidine rings is 1. The highest BCUT2D eigenvalue weighted by molar-refractivity contribution is 7.89. The number of amides is 1. The minimum Gasteiger partial charge on any atom is -0.467 e. The second-order valence-electron chi connectivity index (χ2n) is 7.77. The summed E-state index contributed by atoms with van der Waals surface area (Å²) in [6.45, 7) is 3.19. The molecule has 150 valence electrons. The van der Waals surface area contributed by atoms with E-state index < -0.39 is 10.0 Å². The second kappa shape index (κ2) is 7.72. The number of rotatable bonds is 6. The number of nitrogens with zero attached hydrogens (tertiary/aromatic N) is 2. The fraction of sp³-hybridized carbons (Fsp3) is 0.476. The molecule has 0 radical (unpaired) electrons. The van der Waals surface area contributed by atoms with Gasteiger partial charge in [-0.2, -0.15) is 4.31 Å². The zero-order valence-corrected chi connectivity index (χ0v) is 16.9. The van der Waals surface area contributed by atoms with Crippen molar-refractivity contribution in [3.63, 3.8) is 0 Å². The van der Waals surface area contributed by atoms with Crippen molar-refractivity contribution in [3.05, 3.63) is 54.0 Å². The molecule has 1 aliphatic heterocycles. The Morgan fingerprint density at radius 3 is 2.36 bits per heavy atom. The van der Waals surface area contributed by atoms with E-state index in [-0.39, 0.29) is 11.8 Å². The second-order valence-corrected chi connectivity index (χ2v) is 9.71. The summed E-state index contributed by atoms with van der Waals surface area (Å²) in [6, 6.07) is 10.9. The Bertz CT molecular complexity index is 910. The van der Waals surface area contributed by atoms with Gasteiger partial charge >= 0.3 is 0 Å². The van der Waals surface area contributed by atoms with Crippen molar-refractivity contribution in [3.8, 4) is 0 Å². The highest BCUT2D eigenvalue weighted by Crippen LogP contribution is 2.32. The van der Waals surface area contributed by atoms with Gasteiger partial charge in [0.05, 0.1) is 17.7 Å². The van der Waals surface area contributed by atoms with Gasteiger partial charge in [-0.15, -0.1) is 0 Å². The van der Waals surface area contributed by atoms with E-state index in [0.717, 1.165) is 24.2 Å². The summed E-state index contributed by atoms with van der Waals surface area (Å²) in [5, 5.41) is 0. The number of furan rings is 1. The van der Waals surface area contributed by atoms with Gasteiger partial charge in [-0.1, -0.05) is 17.7 Å². The van der Waals surface area contributed by atoms with Gasteiger partial charge in [0.25, 0.3) is 0 Å². The Balaban J connectivity index is 1.40. The van der Waals surface area contributed by atoms with E-state index in [1.54, 1.807) is 18.4 Å². The molecule has 1 amide bonds. The van der Waals surface area contributed by atoms with Gasteiger partial charge in [-0.3, -0.25) is 4.79 Å². The molecule has 1 saturated heterocycles. The molecule has 2 heterocycles. The molecular formula is C21H26N2O4S. The predicted molar refractivity (Wildman–Crippen MR) is 105 cm³/mol. The molecule has 0 spiro atoms. The average molecular weight is 403 g/mol. The van der Waals surface area contributed by atoms with Gasteiger partial charge in [0, 0.05) is 25.0 Å². The van der Waals surface area contributed by atoms with Crippen molar-refractivity contribution in [1.29, 1.82) is 0 Å². The molecular weight excluding hydrogens is 376 g/mol. The molecule has 0 bridgehead atoms. The highest BCUT2D eigenvalue weighted by atomic mass is 32.2. The number of carbonyl (C=O) groups is 1. The van der Waals surface area contributed by atoms with Gasteiger partial charge in [0.2, 0.25) is 15.9 Å². The molecule has 0 unspecified atom stereocenters. The van der Waals surface area contributed by atoms with Crippen LogP contribution in [0, 0.1) is 12.8 Å². The SMILES string of the molecule is Cc1ccc(S(=O)(=O)N2CCC(C(=O)N(Cc3ccco3)C3CC3)CC2)cc1. The quantitative estimate of drug-likeness (QED) is 0.744. The fourth-order valence-electron chi connectivity index (χ4n) is 3.78. The van der Waals surface area contributed by atoms with Crippen LogP contribution in [0.3, 0.4) is 0 Å². The van der Waals surface area contributed by atoms with Crippen molar-refractivity contribution in [1.82, 2.24) is 9.21 Å². The predicted octanol–water partition coefficient (Wildman–Crippen LogP) is 3.18. The monoisotopic (exact) mass is 402 g/mol. The molecule has 1 aromatic carbocycles. The lowest BCUT2D eigenvalue weighted by Crippen LogP contribution is -2.44. The van der Waals surface area contributed by atoms with Gasteiger partial charge in [-0.05, 0) is 56.9 Å². The van der Waals surface area contributed by atoms with Crippen LogP contribution in [0.25, 0.3) is 0 Å². The number of hydrogen-bond acceptors (Lipinski definition) is 4. The van der Waals surface area contributed by atoms with Crippen LogP contribution in [0.1, 0.15) is 37.0 Å². The van der Waals surface area contributed by atoms with Crippen LogP contribution in [0.5, 0.6) is 0 Å². The van der Waals surface area contributed by atoms with Gasteiger partial charge in [0.15, 0.2) is 0 Å². The number of carbonyl (C=O) groups excluding carboxylic acids is 1. The van der Waals surface area contributed by atoms with E-state index >= 15 is 0 Å². The Hall–Kier alpha value is -2.12. The van der Waals surface area contributed by atoms with Crippen molar-refractivity contribution >= 4 is 15.9 Å². The van der Waals surface area contributed by atoms with Gasteiger partial charge < -0.3 is 9.32 Å². The molecule has 7 heteroatoms. The first kappa shape index (κ1) is 19.2. The third kappa shape index (κ3) is 4.00. The smallest absolute Gasteiger partial charge is 0.243 e. The lowest BCUT2D eigenvalue weighted by molar-refractivity contribution is -0.138. The van der Waals surface area contributed by atoms with Crippen LogP contribution in [0.2, 0.25) is 0 Å². The minimum absolute atomic E-state index is 0.125. The molecule has 2 fully saturated rings. The van der Waals surface area contributed by atoms with Crippen molar-refractivity contribution in [2.75, 3.05) is 13.1 Å². The summed E-state index contributed by atoms with van der Waals surface area (Å²) in [5.74, 6) is 0.797. The summed E-state index contributed by atoms with van der Waals surface area (Å²) in [6.07, 6.45) is 4.82. The summed E-state index contributed by atoms with van der Waals surface area (Å²) in [7, 11) is -3.50. The maximum absolute atomic E-state index is 13.1. The molecule has 0 atom stereocenters. The standard InChI is InChI=1S/C21H26N2O4S/c1-16-4-8-20(9-5-16)28(25,26)22-12-10-17(11-13-22)21(24)23(18-6-7-18)15-19-3-2-14-27-19/h2-5,8-9,14,17-18H,6-7,10-13,15H2,1H3. The zero-order chi connectivity index (χ0) is 19.7. The first-order valence-corrected chi connectivity index (χ1v) is 11.3. The van der Waals surface area contributed by atoms with Crippen LogP contribution < -0.4 is 0 Å². The summed E-state index contributed by atoms with van der Waals surface area (Å²) in [5.41, 5.74) is 1.03. The molecule has 4 rings (SSSR count). The van der Waals surface area contributed by atoms with E-state index in [0.29, 0.717) is 43.4 Å². The summed E-state index contributed by atoms with van der Waals surface area (Å²) < 4.78 is 32.6. The van der Waals surface area contributed by atoms with Crippen LogP contribution in [0.15, 0.2) is 52.0 Å². The number of aryl methyl sites for hydroxylation is 1. The molecule has 6 nitrogen and oxygen atoms in total. The first-order chi connectivity index (χ1) is 13.4. The minimum atomic E-state index is -3.50. The summed E-state index contributed by atoms with van der Waals surface area (Å²) in [4.78, 5) is 15.3. The largest absolute Gasteiger partial charge is 0.467 e. The average Bonchev–Trinajstić information content (AvgIpc) is 3.41. The summed E-state index contributed by atoms with van der Waals surface area (Å²) >= 11 is 0. The molecule has 0 N–H and O–H groups in total. The van der Waals surface area contributed by atoms with Crippen molar-refractivity contribution in [2.45, 2.75) is 50.1 Å². The Morgan fingerprint density at radius 1 is 1.11 bits per heavy atom. The Labute approximate surface area is 166 Å². The number of sulfonamides is 1. The molecule has 2 aliphatic rings. The molecule has 1 aromatic heterocycles. The van der Waals surface area contributed by atoms with E-state index in [1.165, 1.54) is 4.31 Å². The van der Waals surface area contributed by atoms with E-state index in [2.05, 4.69) is 0 Å². The molecule has 2 aromatic rings. The lowest BCUT2D eigenvalue weighted by Gasteiger charge is -2.33. The van der Waals surface area contributed by atoms with E-state index in [1.807, 2.05) is 36.1 Å². The third-order valence-electron chi connectivity index (χ3n) is 5.64. The lowest BCUT2D eigenvalue weighted by atomic mass is 9.96. The number of benzene rings is 1. The zero-order valence-electron chi connectivity index (χ0n) is 16.1. The fourth-order valence-corrected chi connectivity index (χ4v) is 5.25. The van der Waals surface area contributed by atoms with Crippen LogP contribution in [0.4, 0.5) is 0 Å². The van der Waals surface area contributed by atoms with Crippen molar-refractivity contribution in [2.24, 2.45) is 5.92 Å². The molecule has 1 saturated carbocycles. The van der Waals surface area contributed by atoms with Crippen molar-refractivity contribution < 1.29 is 17.6 Å². The van der Waals surface area contributed by atoms with Gasteiger partial charge in [-0.25, -0.2) is 8.42 Å². The van der Waals surface area contributed by atoms with E-state index in [4.69, 9.17) is 4.42 Å². The highest BCUT2D eigenvalue weighted by Gasteiger charge is 2.39. The Kier molecular flexibility index (Phi) is 5.29. The molecule has 1 aliphatic carbocycles. The normalized spacial score (nSPS) is 18.9. The first-order valence-electron chi connectivity index (χ1n) is 9.85. The Morgan fingerprint density at radius 2 is 1.79 bits per heavy atom. The maximum Gasteiger partial charge on any atom is 0.243 e. The van der Waals surface area contributed by atoms with Gasteiger partial charge in [0.1, 0.15) is 5.76 Å². The maximum atomic E-state index is 13.1. The molecule has 28 heavy (non-hydrogen) atoms. The van der Waals surface area contributed by atoms with Crippen LogP contribution in [-0.4, -0.2) is 42.7 Å². The topological polar surface area (TPSA) is 70.8 Å². The van der Waals surface area contributed by atoms with E-state index in [9.17, 15) is 13.2 Å². The number of hydrogen-bond donors (Lipinski definition) is 0. The van der Waals surface area contributed by atoms with Crippen LogP contribution in [-0.2, 0) is 21.4 Å². The van der Waals surface area contributed by atoms with Crippen LogP contribution >= 0.6 is 0 Å².